The van der Waals surface area contributed by atoms with E-state index in [1.807, 2.05) is 0 Å². The van der Waals surface area contributed by atoms with Gasteiger partial charge in [-0.2, -0.15) is 0 Å². The maximum absolute atomic E-state index is 0. The van der Waals surface area contributed by atoms with E-state index in [0.717, 1.165) is 0 Å². The van der Waals surface area contributed by atoms with E-state index in [1.54, 1.807) is 0 Å². The van der Waals surface area contributed by atoms with Gasteiger partial charge < -0.3 is 0 Å². The summed E-state index contributed by atoms with van der Waals surface area (Å²) in [5.74, 6) is 0. The van der Waals surface area contributed by atoms with Gasteiger partial charge in [-0.25, -0.2) is 0 Å². The first kappa shape index (κ1) is 32.6. The molecule has 0 saturated heterocycles. The third-order valence-electron chi connectivity index (χ3n) is 0. The van der Waals surface area contributed by atoms with Gasteiger partial charge in [-0.1, -0.05) is 0 Å². The molecule has 0 bridgehead atoms. The third kappa shape index (κ3) is 8.83. The van der Waals surface area contributed by atoms with Gasteiger partial charge in [0, 0.05) is 55.7 Å². The summed E-state index contributed by atoms with van der Waals surface area (Å²) in [4.78, 5) is 0. The molecule has 4 heavy (non-hydrogen) atoms. The predicted octanol–water partition coefficient (Wildman–Crippen LogP) is -1.19. The average molecular weight is 387 g/mol. The van der Waals surface area contributed by atoms with Gasteiger partial charge in [-0.3, -0.25) is 0 Å². The van der Waals surface area contributed by atoms with Crippen molar-refractivity contribution in [2.75, 3.05) is 0 Å². The van der Waals surface area contributed by atoms with E-state index in [4.69, 9.17) is 0 Å². The largest absolute Gasteiger partial charge is 0 e. The maximum atomic E-state index is 0. The smallest absolute Gasteiger partial charge is 0 e. The average Bonchev–Trinajstić information content (AvgIpc) is 0. The number of hydrogen-bond donors (Lipinski definition) is 0. The number of rotatable bonds is 0. The van der Waals surface area contributed by atoms with Gasteiger partial charge in [0.1, 0.15) is 0 Å². The minimum atomic E-state index is 0. The van der Waals surface area contributed by atoms with E-state index in [-0.39, 0.29) is 75.4 Å². The molecule has 0 nitrogen and oxygen atoms in total. The minimum absolute atomic E-state index is 0. The molecule has 0 aliphatic carbocycles. The summed E-state index contributed by atoms with van der Waals surface area (Å²) in [6, 6.07) is 0. The van der Waals surface area contributed by atoms with Crippen LogP contribution in [0.4, 0.5) is 0 Å². The minimum Gasteiger partial charge on any atom is 0 e. The van der Waals surface area contributed by atoms with Gasteiger partial charge in [0.15, 0.2) is 0 Å². The molecule has 0 spiro atoms. The van der Waals surface area contributed by atoms with E-state index in [9.17, 15) is 0 Å². The Morgan fingerprint density at radius 2 is 1.00 bits per heavy atom. The molecule has 0 aromatic rings. The summed E-state index contributed by atoms with van der Waals surface area (Å²) in [5.41, 5.74) is 0. The Balaban J connectivity index is 0. The van der Waals surface area contributed by atoms with Crippen LogP contribution in [0, 0.1) is 0 Å². The van der Waals surface area contributed by atoms with Crippen molar-refractivity contribution in [2.24, 2.45) is 0 Å². The van der Waals surface area contributed by atoms with E-state index >= 15 is 0 Å². The van der Waals surface area contributed by atoms with Crippen LogP contribution in [0.1, 0.15) is 0 Å². The Morgan fingerprint density at radius 1 is 1.00 bits per heavy atom. The molecule has 0 amide bonds. The van der Waals surface area contributed by atoms with Crippen LogP contribution in [-0.2, 0) is 55.7 Å². The molecule has 0 N–H and O–H groups in total. The van der Waals surface area contributed by atoms with Gasteiger partial charge in [0.25, 0.3) is 0 Å². The Hall–Kier alpha value is 2.38. The molecule has 0 atom stereocenters. The van der Waals surface area contributed by atoms with Crippen molar-refractivity contribution in [3.63, 3.8) is 0 Å². The van der Waals surface area contributed by atoms with Crippen LogP contribution in [0.3, 0.4) is 0 Å². The predicted molar refractivity (Wildman–Crippen MR) is 9.94 cm³/mol. The quantitative estimate of drug-likeness (QED) is 0.459. The standard InChI is InChI=1S/Au.Co.Ga.Ni.3H. The Bertz CT molecular complexity index is 8.00. The molecule has 0 rings (SSSR count). The van der Waals surface area contributed by atoms with Gasteiger partial charge in [-0.15, -0.1) is 0 Å². The fraction of sp³-hybridized carbons (Fsp3) is 0. The molecule has 0 aliphatic rings. The molecule has 0 aromatic carbocycles. The maximum Gasteiger partial charge on any atom is 0 e. The SMILES string of the molecule is [Au].[Co].[GaH3].[Ni]. The zero-order valence-corrected chi connectivity index (χ0v) is 5.15. The first-order valence-electron chi connectivity index (χ1n) is 0. The second kappa shape index (κ2) is 18.2. The summed E-state index contributed by atoms with van der Waals surface area (Å²) in [5, 5.41) is 0. The zero-order valence-electron chi connectivity index (χ0n) is 0.951. The van der Waals surface area contributed by atoms with E-state index in [0.29, 0.717) is 0 Å². The summed E-state index contributed by atoms with van der Waals surface area (Å²) in [6.45, 7) is 0. The molecule has 0 aliphatic heterocycles. The molecule has 4 heteroatoms. The van der Waals surface area contributed by atoms with Crippen LogP contribution >= 0.6 is 0 Å². The van der Waals surface area contributed by atoms with Crippen molar-refractivity contribution < 1.29 is 55.7 Å². The molecule has 2 radical (unpaired) electrons. The molecular formula is H3AuCoGaNi. The van der Waals surface area contributed by atoms with Crippen molar-refractivity contribution in [3.8, 4) is 0 Å². The Labute approximate surface area is 74.5 Å². The van der Waals surface area contributed by atoms with Crippen LogP contribution in [0.2, 0.25) is 0 Å². The molecule has 36 valence electrons. The monoisotopic (exact) mass is 386 g/mol. The fourth-order valence-electron chi connectivity index (χ4n) is 0. The van der Waals surface area contributed by atoms with Crippen molar-refractivity contribution in [3.05, 3.63) is 0 Å². The number of hydrogen-bond acceptors (Lipinski definition) is 0. The normalized spacial score (nSPS) is 0. The molecule has 0 saturated carbocycles. The van der Waals surface area contributed by atoms with Gasteiger partial charge in [0.2, 0.25) is 0 Å². The summed E-state index contributed by atoms with van der Waals surface area (Å²) in [7, 11) is 0. The molecular weight excluding hydrogens is 384 g/mol. The van der Waals surface area contributed by atoms with E-state index in [1.165, 1.54) is 0 Å². The third-order valence-corrected chi connectivity index (χ3v) is 0. The summed E-state index contributed by atoms with van der Waals surface area (Å²) in [6.07, 6.45) is 0. The summed E-state index contributed by atoms with van der Waals surface area (Å²) >= 11 is 0. The van der Waals surface area contributed by atoms with E-state index < -0.39 is 0 Å². The van der Waals surface area contributed by atoms with Crippen LogP contribution < -0.4 is 0 Å². The van der Waals surface area contributed by atoms with E-state index in [2.05, 4.69) is 0 Å². The van der Waals surface area contributed by atoms with Crippen LogP contribution in [-0.4, -0.2) is 19.8 Å². The Kier molecular flexibility index (Phi) is 149. The van der Waals surface area contributed by atoms with Gasteiger partial charge in [-0.05, 0) is 0 Å². The molecule has 0 unspecified atom stereocenters. The van der Waals surface area contributed by atoms with Crippen molar-refractivity contribution in [2.45, 2.75) is 0 Å². The second-order valence-electron chi connectivity index (χ2n) is 0. The zero-order chi connectivity index (χ0) is 0. The molecule has 0 aromatic heterocycles. The first-order valence-corrected chi connectivity index (χ1v) is 0. The fourth-order valence-corrected chi connectivity index (χ4v) is 0. The van der Waals surface area contributed by atoms with Crippen LogP contribution in [0.25, 0.3) is 0 Å². The van der Waals surface area contributed by atoms with Crippen molar-refractivity contribution in [1.82, 2.24) is 0 Å². The first-order chi connectivity index (χ1) is 0. The summed E-state index contributed by atoms with van der Waals surface area (Å²) < 4.78 is 0. The van der Waals surface area contributed by atoms with Gasteiger partial charge >= 0.3 is 19.8 Å². The molecule has 0 heterocycles. The second-order valence-corrected chi connectivity index (χ2v) is 0. The van der Waals surface area contributed by atoms with Crippen molar-refractivity contribution in [1.29, 1.82) is 0 Å². The topological polar surface area (TPSA) is 0 Å². The van der Waals surface area contributed by atoms with Crippen LogP contribution in [0.15, 0.2) is 0 Å². The molecule has 0 fully saturated rings. The van der Waals surface area contributed by atoms with Gasteiger partial charge in [0.05, 0.1) is 0 Å². The Morgan fingerprint density at radius 3 is 1.00 bits per heavy atom. The van der Waals surface area contributed by atoms with Crippen LogP contribution in [0.5, 0.6) is 0 Å². The van der Waals surface area contributed by atoms with Crippen molar-refractivity contribution >= 4 is 19.8 Å².